The highest BCUT2D eigenvalue weighted by atomic mass is 19.1. The number of nitrogens with zero attached hydrogens (tertiary/aromatic N) is 3. The van der Waals surface area contributed by atoms with E-state index in [1.807, 2.05) is 29.9 Å². The van der Waals surface area contributed by atoms with Crippen LogP contribution < -0.4 is 5.32 Å². The average Bonchev–Trinajstić information content (AvgIpc) is 2.94. The molecule has 0 unspecified atom stereocenters. The first kappa shape index (κ1) is 18.4. The molecule has 0 amide bonds. The third-order valence-electron chi connectivity index (χ3n) is 5.86. The van der Waals surface area contributed by atoms with Crippen LogP contribution in [-0.2, 0) is 0 Å². The van der Waals surface area contributed by atoms with Crippen LogP contribution in [-0.4, -0.2) is 27.6 Å². The molecule has 1 aromatic heterocycles. The van der Waals surface area contributed by atoms with Crippen LogP contribution in [0.2, 0.25) is 0 Å². The van der Waals surface area contributed by atoms with Crippen molar-refractivity contribution in [3.63, 3.8) is 0 Å². The summed E-state index contributed by atoms with van der Waals surface area (Å²) in [6, 6.07) is 2.02. The van der Waals surface area contributed by atoms with Crippen molar-refractivity contribution in [3.8, 4) is 0 Å². The Hall–Kier alpha value is -2.43. The maximum Gasteiger partial charge on any atom is 0.129 e. The van der Waals surface area contributed by atoms with E-state index in [1.165, 1.54) is 11.6 Å². The third-order valence-corrected chi connectivity index (χ3v) is 5.86. The predicted octanol–water partition coefficient (Wildman–Crippen LogP) is 5.07. The zero-order chi connectivity index (χ0) is 19.1. The fourth-order valence-electron chi connectivity index (χ4n) is 3.37. The second-order valence-corrected chi connectivity index (χ2v) is 7.98. The quantitative estimate of drug-likeness (QED) is 0.770. The Bertz CT molecular complexity index is 876. The van der Waals surface area contributed by atoms with E-state index in [9.17, 15) is 4.39 Å². The van der Waals surface area contributed by atoms with E-state index in [0.29, 0.717) is 12.9 Å². The molecule has 26 heavy (non-hydrogen) atoms. The fourth-order valence-corrected chi connectivity index (χ4v) is 3.37. The summed E-state index contributed by atoms with van der Waals surface area (Å²) < 4.78 is 14.3. The van der Waals surface area contributed by atoms with Gasteiger partial charge in [-0.05, 0) is 39.3 Å². The van der Waals surface area contributed by atoms with E-state index >= 15 is 0 Å². The maximum atomic E-state index is 12.4. The lowest BCUT2D eigenvalue weighted by Gasteiger charge is -2.45. The van der Waals surface area contributed by atoms with Crippen molar-refractivity contribution in [2.24, 2.45) is 10.4 Å². The van der Waals surface area contributed by atoms with Gasteiger partial charge in [-0.3, -0.25) is 4.99 Å². The van der Waals surface area contributed by atoms with Gasteiger partial charge in [-0.1, -0.05) is 31.6 Å². The molecule has 0 fully saturated rings. The number of anilines is 1. The molecule has 0 saturated heterocycles. The summed E-state index contributed by atoms with van der Waals surface area (Å²) in [6.07, 6.45) is 7.65. The molecule has 0 saturated carbocycles. The molecule has 2 aliphatic rings. The number of dihydropyridines is 1. The molecular weight excluding hydrogens is 327 g/mol. The Morgan fingerprint density at radius 2 is 1.92 bits per heavy atom. The largest absolute Gasteiger partial charge is 0.366 e. The number of nitrogens with one attached hydrogen (secondary N) is 1. The molecule has 138 valence electrons. The van der Waals surface area contributed by atoms with E-state index in [0.717, 1.165) is 28.4 Å². The van der Waals surface area contributed by atoms with E-state index in [-0.39, 0.29) is 11.0 Å². The lowest BCUT2D eigenvalue weighted by atomic mass is 9.66. The van der Waals surface area contributed by atoms with Crippen LogP contribution in [0.3, 0.4) is 0 Å². The number of allylic oxidation sites excluding steroid dienone is 4. The van der Waals surface area contributed by atoms with Gasteiger partial charge in [0.15, 0.2) is 0 Å². The van der Waals surface area contributed by atoms with Gasteiger partial charge >= 0.3 is 0 Å². The Kier molecular flexibility index (Phi) is 4.51. The molecule has 5 heteroatoms. The molecule has 0 spiro atoms. The van der Waals surface area contributed by atoms with Crippen LogP contribution in [0.15, 0.2) is 52.3 Å². The summed E-state index contributed by atoms with van der Waals surface area (Å²) in [5, 5.41) is 7.92. The second kappa shape index (κ2) is 6.38. The third kappa shape index (κ3) is 2.96. The molecule has 3 rings (SSSR count). The van der Waals surface area contributed by atoms with Crippen molar-refractivity contribution in [2.45, 2.75) is 47.1 Å². The van der Waals surface area contributed by atoms with Crippen molar-refractivity contribution >= 4 is 17.7 Å². The smallest absolute Gasteiger partial charge is 0.129 e. The van der Waals surface area contributed by atoms with Crippen molar-refractivity contribution in [3.05, 3.63) is 53.0 Å². The number of aryl methyl sites for hydroxylation is 1. The SMILES string of the molecule is CC1=C(/C=C\C=C\F)C(C2=Cn3nc(C)cc3NC2)=NC(C)(C)C1(C)C. The lowest BCUT2D eigenvalue weighted by Crippen LogP contribution is -2.43. The van der Waals surface area contributed by atoms with Gasteiger partial charge in [0, 0.05) is 29.8 Å². The van der Waals surface area contributed by atoms with Crippen LogP contribution in [0.4, 0.5) is 10.2 Å². The minimum Gasteiger partial charge on any atom is -0.366 e. The first-order valence-corrected chi connectivity index (χ1v) is 8.93. The minimum absolute atomic E-state index is 0.105. The predicted molar refractivity (Wildman–Crippen MR) is 107 cm³/mol. The van der Waals surface area contributed by atoms with Crippen LogP contribution >= 0.6 is 0 Å². The maximum absolute atomic E-state index is 12.4. The molecule has 0 aliphatic carbocycles. The Balaban J connectivity index is 2.14. The summed E-state index contributed by atoms with van der Waals surface area (Å²) in [7, 11) is 0. The number of halogens is 1. The summed E-state index contributed by atoms with van der Waals surface area (Å²) in [5.41, 5.74) is 4.94. The number of fused-ring (bicyclic) bond motifs is 1. The normalized spacial score (nSPS) is 21.7. The van der Waals surface area contributed by atoms with Crippen molar-refractivity contribution < 1.29 is 4.39 Å². The topological polar surface area (TPSA) is 42.2 Å². The van der Waals surface area contributed by atoms with Gasteiger partial charge in [-0.15, -0.1) is 0 Å². The number of aliphatic imine (C=N–C) groups is 1. The van der Waals surface area contributed by atoms with Crippen LogP contribution in [0, 0.1) is 12.3 Å². The van der Waals surface area contributed by atoms with Gasteiger partial charge in [-0.2, -0.15) is 5.10 Å². The van der Waals surface area contributed by atoms with E-state index in [2.05, 4.69) is 45.0 Å². The molecule has 0 aromatic carbocycles. The van der Waals surface area contributed by atoms with Crippen molar-refractivity contribution in [2.75, 3.05) is 11.9 Å². The fraction of sp³-hybridized carbons (Fsp3) is 0.429. The van der Waals surface area contributed by atoms with Crippen molar-refractivity contribution in [1.82, 2.24) is 9.78 Å². The zero-order valence-electron chi connectivity index (χ0n) is 16.4. The second-order valence-electron chi connectivity index (χ2n) is 7.98. The lowest BCUT2D eigenvalue weighted by molar-refractivity contribution is 0.251. The van der Waals surface area contributed by atoms with Gasteiger partial charge in [0.1, 0.15) is 5.82 Å². The zero-order valence-corrected chi connectivity index (χ0v) is 16.4. The van der Waals surface area contributed by atoms with Gasteiger partial charge in [-0.25, -0.2) is 9.07 Å². The number of aromatic nitrogens is 2. The monoisotopic (exact) mass is 354 g/mol. The van der Waals surface area contributed by atoms with Crippen molar-refractivity contribution in [1.29, 1.82) is 0 Å². The molecule has 0 atom stereocenters. The molecule has 0 bridgehead atoms. The van der Waals surface area contributed by atoms with E-state index < -0.39 is 0 Å². The standard InChI is InChI=1S/C21H27FN4/c1-14-11-18-23-12-16(13-26(18)25-14)19-17(9-7-8-10-22)15(2)20(3,4)21(5,6)24-19/h7-11,13,23H,12H2,1-6H3/b9-7-,10-8+. The summed E-state index contributed by atoms with van der Waals surface area (Å²) in [5.74, 6) is 0.986. The van der Waals surface area contributed by atoms with Gasteiger partial charge in [0.2, 0.25) is 0 Å². The molecular formula is C21H27FN4. The van der Waals surface area contributed by atoms with E-state index in [1.54, 1.807) is 6.08 Å². The van der Waals surface area contributed by atoms with Gasteiger partial charge in [0.05, 0.1) is 23.3 Å². The number of rotatable bonds is 3. The molecule has 4 nitrogen and oxygen atoms in total. The first-order chi connectivity index (χ1) is 12.2. The van der Waals surface area contributed by atoms with Crippen LogP contribution in [0.25, 0.3) is 6.20 Å². The highest BCUT2D eigenvalue weighted by Gasteiger charge is 2.43. The Morgan fingerprint density at radius 1 is 1.19 bits per heavy atom. The number of hydrogen-bond donors (Lipinski definition) is 1. The molecule has 1 aromatic rings. The first-order valence-electron chi connectivity index (χ1n) is 8.93. The summed E-state index contributed by atoms with van der Waals surface area (Å²) in [6.45, 7) is 13.6. The molecule has 2 aliphatic heterocycles. The van der Waals surface area contributed by atoms with Crippen LogP contribution in [0.5, 0.6) is 0 Å². The highest BCUT2D eigenvalue weighted by molar-refractivity contribution is 6.17. The molecule has 0 radical (unpaired) electrons. The van der Waals surface area contributed by atoms with E-state index in [4.69, 9.17) is 4.99 Å². The number of hydrogen-bond acceptors (Lipinski definition) is 3. The molecule has 3 heterocycles. The minimum atomic E-state index is -0.249. The Labute approximate surface area is 154 Å². The van der Waals surface area contributed by atoms with Gasteiger partial charge < -0.3 is 5.32 Å². The Morgan fingerprint density at radius 3 is 2.62 bits per heavy atom. The highest BCUT2D eigenvalue weighted by Crippen LogP contribution is 2.46. The average molecular weight is 354 g/mol. The summed E-state index contributed by atoms with van der Waals surface area (Å²) in [4.78, 5) is 5.12. The van der Waals surface area contributed by atoms with Crippen LogP contribution in [0.1, 0.15) is 40.3 Å². The molecule has 1 N–H and O–H groups in total. The summed E-state index contributed by atoms with van der Waals surface area (Å²) >= 11 is 0. The van der Waals surface area contributed by atoms with Gasteiger partial charge in [0.25, 0.3) is 0 Å².